The summed E-state index contributed by atoms with van der Waals surface area (Å²) in [5.74, 6) is 0.486. The summed E-state index contributed by atoms with van der Waals surface area (Å²) in [6, 6.07) is 0. The van der Waals surface area contributed by atoms with Crippen LogP contribution in [0.4, 0.5) is 0 Å². The zero-order valence-corrected chi connectivity index (χ0v) is 15.5. The standard InChI is InChI=1S/C16H34N2O2S/c1-7-16(5,13-17-15(2,3)4)11-14-9-8-10-18(12-14)21(6,19)20/h14,17H,7-13H2,1-6H3. The molecule has 0 aromatic heterocycles. The van der Waals surface area contributed by atoms with Crippen molar-refractivity contribution in [1.82, 2.24) is 9.62 Å². The number of sulfonamides is 1. The molecule has 0 radical (unpaired) electrons. The van der Waals surface area contributed by atoms with Crippen molar-refractivity contribution in [2.45, 2.75) is 65.8 Å². The summed E-state index contributed by atoms with van der Waals surface area (Å²) in [4.78, 5) is 0. The molecule has 1 saturated heterocycles. The van der Waals surface area contributed by atoms with Crippen LogP contribution in [0.25, 0.3) is 0 Å². The lowest BCUT2D eigenvalue weighted by Gasteiger charge is -2.39. The molecule has 0 aromatic rings. The molecule has 126 valence electrons. The molecular weight excluding hydrogens is 284 g/mol. The molecule has 1 N–H and O–H groups in total. The van der Waals surface area contributed by atoms with Crippen LogP contribution in [-0.4, -0.2) is 44.2 Å². The van der Waals surface area contributed by atoms with Gasteiger partial charge in [-0.3, -0.25) is 0 Å². The highest BCUT2D eigenvalue weighted by Crippen LogP contribution is 2.34. The Labute approximate surface area is 131 Å². The summed E-state index contributed by atoms with van der Waals surface area (Å²) in [5.41, 5.74) is 0.361. The maximum absolute atomic E-state index is 11.7. The second kappa shape index (κ2) is 6.97. The predicted molar refractivity (Wildman–Crippen MR) is 89.9 cm³/mol. The molecule has 1 rings (SSSR count). The van der Waals surface area contributed by atoms with Crippen molar-refractivity contribution in [1.29, 1.82) is 0 Å². The molecule has 0 spiro atoms. The van der Waals surface area contributed by atoms with Crippen LogP contribution in [0.1, 0.15) is 60.3 Å². The smallest absolute Gasteiger partial charge is 0.211 e. The van der Waals surface area contributed by atoms with Gasteiger partial charge in [-0.2, -0.15) is 0 Å². The topological polar surface area (TPSA) is 49.4 Å². The number of nitrogens with zero attached hydrogens (tertiary/aromatic N) is 1. The molecule has 1 heterocycles. The van der Waals surface area contributed by atoms with Crippen LogP contribution in [0.5, 0.6) is 0 Å². The SMILES string of the molecule is CCC(C)(CNC(C)(C)C)CC1CCCN(S(C)(=O)=O)C1. The Bertz CT molecular complexity index is 428. The number of rotatable bonds is 6. The van der Waals surface area contributed by atoms with Crippen LogP contribution >= 0.6 is 0 Å². The Kier molecular flexibility index (Phi) is 6.28. The van der Waals surface area contributed by atoms with Gasteiger partial charge < -0.3 is 5.32 Å². The Morgan fingerprint density at radius 2 is 1.86 bits per heavy atom. The third-order valence-electron chi connectivity index (χ3n) is 4.63. The van der Waals surface area contributed by atoms with Gasteiger partial charge in [0.05, 0.1) is 6.26 Å². The maximum Gasteiger partial charge on any atom is 0.211 e. The highest BCUT2D eigenvalue weighted by atomic mass is 32.2. The van der Waals surface area contributed by atoms with E-state index in [2.05, 4.69) is 39.9 Å². The molecule has 0 saturated carbocycles. The van der Waals surface area contributed by atoms with Crippen LogP contribution in [0.15, 0.2) is 0 Å². The number of hydrogen-bond donors (Lipinski definition) is 1. The van der Waals surface area contributed by atoms with E-state index in [0.717, 1.165) is 32.2 Å². The molecule has 0 bridgehead atoms. The van der Waals surface area contributed by atoms with E-state index in [1.54, 1.807) is 4.31 Å². The molecule has 5 heteroatoms. The van der Waals surface area contributed by atoms with E-state index in [9.17, 15) is 8.42 Å². The monoisotopic (exact) mass is 318 g/mol. The van der Waals surface area contributed by atoms with E-state index in [1.165, 1.54) is 6.26 Å². The average Bonchev–Trinajstić information content (AvgIpc) is 2.35. The van der Waals surface area contributed by atoms with Crippen molar-refractivity contribution in [3.63, 3.8) is 0 Å². The second-order valence-electron chi connectivity index (χ2n) is 8.10. The van der Waals surface area contributed by atoms with Crippen molar-refractivity contribution in [2.24, 2.45) is 11.3 Å². The van der Waals surface area contributed by atoms with Crippen molar-refractivity contribution < 1.29 is 8.42 Å². The van der Waals surface area contributed by atoms with E-state index >= 15 is 0 Å². The number of piperidine rings is 1. The van der Waals surface area contributed by atoms with Gasteiger partial charge in [0, 0.05) is 25.2 Å². The molecule has 0 aliphatic carbocycles. The Morgan fingerprint density at radius 1 is 1.24 bits per heavy atom. The summed E-state index contributed by atoms with van der Waals surface area (Å²) < 4.78 is 25.1. The Hall–Kier alpha value is -0.130. The van der Waals surface area contributed by atoms with Gasteiger partial charge in [0.25, 0.3) is 0 Å². The minimum Gasteiger partial charge on any atom is -0.312 e. The van der Waals surface area contributed by atoms with Crippen LogP contribution in [-0.2, 0) is 10.0 Å². The van der Waals surface area contributed by atoms with Gasteiger partial charge in [-0.05, 0) is 57.8 Å². The lowest BCUT2D eigenvalue weighted by molar-refractivity contribution is 0.159. The first-order chi connectivity index (χ1) is 9.45. The molecular formula is C16H34N2O2S. The van der Waals surface area contributed by atoms with Crippen LogP contribution in [0.2, 0.25) is 0 Å². The lowest BCUT2D eigenvalue weighted by Crippen LogP contribution is -2.45. The summed E-state index contributed by atoms with van der Waals surface area (Å²) in [7, 11) is -3.04. The van der Waals surface area contributed by atoms with Crippen LogP contribution in [0, 0.1) is 11.3 Å². The van der Waals surface area contributed by atoms with E-state index in [-0.39, 0.29) is 11.0 Å². The van der Waals surface area contributed by atoms with Gasteiger partial charge in [0.15, 0.2) is 0 Å². The minimum absolute atomic E-state index is 0.127. The fraction of sp³-hybridized carbons (Fsp3) is 1.00. The second-order valence-corrected chi connectivity index (χ2v) is 10.1. The zero-order valence-electron chi connectivity index (χ0n) is 14.7. The van der Waals surface area contributed by atoms with Crippen LogP contribution < -0.4 is 5.32 Å². The predicted octanol–water partition coefficient (Wildman–Crippen LogP) is 2.85. The highest BCUT2D eigenvalue weighted by molar-refractivity contribution is 7.88. The molecule has 1 aliphatic rings. The number of nitrogens with one attached hydrogen (secondary N) is 1. The van der Waals surface area contributed by atoms with E-state index < -0.39 is 10.0 Å². The van der Waals surface area contributed by atoms with Gasteiger partial charge >= 0.3 is 0 Å². The normalized spacial score (nSPS) is 24.8. The van der Waals surface area contributed by atoms with Gasteiger partial charge in [-0.1, -0.05) is 13.8 Å². The maximum atomic E-state index is 11.7. The van der Waals surface area contributed by atoms with Gasteiger partial charge in [0.1, 0.15) is 0 Å². The first-order valence-corrected chi connectivity index (χ1v) is 10.0. The van der Waals surface area contributed by atoms with Gasteiger partial charge in [-0.15, -0.1) is 0 Å². The largest absolute Gasteiger partial charge is 0.312 e. The third kappa shape index (κ3) is 6.66. The quantitative estimate of drug-likeness (QED) is 0.819. The Morgan fingerprint density at radius 3 is 2.33 bits per heavy atom. The van der Waals surface area contributed by atoms with Gasteiger partial charge in [0.2, 0.25) is 10.0 Å². The Balaban J connectivity index is 2.63. The summed E-state index contributed by atoms with van der Waals surface area (Å²) >= 11 is 0. The molecule has 21 heavy (non-hydrogen) atoms. The van der Waals surface area contributed by atoms with E-state index in [4.69, 9.17) is 0 Å². The molecule has 2 unspecified atom stereocenters. The van der Waals surface area contributed by atoms with Crippen molar-refractivity contribution >= 4 is 10.0 Å². The first kappa shape index (κ1) is 18.9. The molecule has 2 atom stereocenters. The van der Waals surface area contributed by atoms with Crippen molar-refractivity contribution in [2.75, 3.05) is 25.9 Å². The van der Waals surface area contributed by atoms with Crippen molar-refractivity contribution in [3.8, 4) is 0 Å². The highest BCUT2D eigenvalue weighted by Gasteiger charge is 2.32. The van der Waals surface area contributed by atoms with Crippen molar-refractivity contribution in [3.05, 3.63) is 0 Å². The summed E-state index contributed by atoms with van der Waals surface area (Å²) in [6.07, 6.45) is 5.68. The van der Waals surface area contributed by atoms with Gasteiger partial charge in [-0.25, -0.2) is 12.7 Å². The third-order valence-corrected chi connectivity index (χ3v) is 5.90. The minimum atomic E-state index is -3.04. The molecule has 1 fully saturated rings. The number of hydrogen-bond acceptors (Lipinski definition) is 3. The molecule has 0 aromatic carbocycles. The fourth-order valence-electron chi connectivity index (χ4n) is 3.01. The molecule has 4 nitrogen and oxygen atoms in total. The van der Waals surface area contributed by atoms with E-state index in [1.807, 2.05) is 0 Å². The molecule has 0 amide bonds. The van der Waals surface area contributed by atoms with E-state index in [0.29, 0.717) is 19.0 Å². The zero-order chi connectivity index (χ0) is 16.3. The summed E-state index contributed by atoms with van der Waals surface area (Å²) in [5, 5.41) is 3.61. The van der Waals surface area contributed by atoms with Crippen LogP contribution in [0.3, 0.4) is 0 Å². The average molecular weight is 319 g/mol. The first-order valence-electron chi connectivity index (χ1n) is 8.15. The summed E-state index contributed by atoms with van der Waals surface area (Å²) in [6.45, 7) is 13.5. The fourth-order valence-corrected chi connectivity index (χ4v) is 3.95. The lowest BCUT2D eigenvalue weighted by atomic mass is 9.76. The molecule has 1 aliphatic heterocycles.